The predicted molar refractivity (Wildman–Crippen MR) is 263 cm³/mol. The number of fused-ring (bicyclic) bond motifs is 11. The summed E-state index contributed by atoms with van der Waals surface area (Å²) < 4.78 is 0. The highest BCUT2D eigenvalue weighted by atomic mass is 15.2. The molecule has 0 aliphatic heterocycles. The second-order valence-electron chi connectivity index (χ2n) is 18.1. The van der Waals surface area contributed by atoms with Crippen LogP contribution in [0.15, 0.2) is 206 Å². The monoisotopic (exact) mass is 794 g/mol. The molecule has 2 aliphatic carbocycles. The number of nitrogens with zero attached hydrogens (tertiary/aromatic N) is 2. The zero-order valence-corrected chi connectivity index (χ0v) is 35.5. The molecule has 0 saturated heterocycles. The Kier molecular flexibility index (Phi) is 7.96. The van der Waals surface area contributed by atoms with Gasteiger partial charge in [0, 0.05) is 44.4 Å². The maximum absolute atomic E-state index is 2.47. The molecule has 0 heterocycles. The maximum atomic E-state index is 2.47. The molecular formula is C60H46N2. The van der Waals surface area contributed by atoms with Crippen LogP contribution in [0.1, 0.15) is 49.9 Å². The third-order valence-corrected chi connectivity index (χ3v) is 14.0. The largest absolute Gasteiger partial charge is 0.310 e. The molecule has 2 heteroatoms. The quantitative estimate of drug-likeness (QED) is 0.155. The average Bonchev–Trinajstić information content (AvgIpc) is 3.68. The first-order chi connectivity index (χ1) is 30.3. The van der Waals surface area contributed by atoms with Crippen LogP contribution in [0.4, 0.5) is 34.1 Å². The molecule has 0 aromatic heterocycles. The first kappa shape index (κ1) is 36.4. The zero-order valence-electron chi connectivity index (χ0n) is 35.5. The van der Waals surface area contributed by atoms with Crippen LogP contribution < -0.4 is 9.80 Å². The zero-order chi connectivity index (χ0) is 41.7. The van der Waals surface area contributed by atoms with Gasteiger partial charge < -0.3 is 9.80 Å². The van der Waals surface area contributed by atoms with E-state index in [0.29, 0.717) is 0 Å². The molecule has 0 saturated carbocycles. The van der Waals surface area contributed by atoms with Crippen molar-refractivity contribution in [3.05, 3.63) is 229 Å². The third-order valence-electron chi connectivity index (χ3n) is 14.0. The van der Waals surface area contributed by atoms with Gasteiger partial charge in [0.1, 0.15) is 0 Å². The minimum atomic E-state index is -0.0712. The van der Waals surface area contributed by atoms with Crippen molar-refractivity contribution < 1.29 is 0 Å². The first-order valence-corrected chi connectivity index (χ1v) is 21.9. The van der Waals surface area contributed by atoms with Gasteiger partial charge in [-0.15, -0.1) is 0 Å². The van der Waals surface area contributed by atoms with E-state index >= 15 is 0 Å². The molecule has 10 aromatic carbocycles. The van der Waals surface area contributed by atoms with Gasteiger partial charge in [-0.3, -0.25) is 0 Å². The van der Waals surface area contributed by atoms with E-state index in [9.17, 15) is 0 Å². The van der Waals surface area contributed by atoms with Crippen molar-refractivity contribution in [1.82, 2.24) is 0 Å². The fourth-order valence-corrected chi connectivity index (χ4v) is 11.0. The van der Waals surface area contributed by atoms with E-state index in [-0.39, 0.29) is 10.8 Å². The van der Waals surface area contributed by atoms with E-state index in [1.54, 1.807) is 0 Å². The molecule has 2 nitrogen and oxygen atoms in total. The standard InChI is InChI=1S/C60H46N2/c1-59(2)52-29-17-15-23-44(52)50-37-42(31-33-54(50)59)61(40-19-7-5-8-20-40)56-35-39-36-57(47-26-12-14-28-49(47)58(39)48-27-13-11-25-46(48)56)62(41-21-9-6-10-22-41)43-32-34-55-51(38-43)45-24-16-18-30-53(45)60(55,3)4/h5-38H,1-4H3. The highest BCUT2D eigenvalue weighted by Gasteiger charge is 2.37. The lowest BCUT2D eigenvalue weighted by molar-refractivity contribution is 0.660. The van der Waals surface area contributed by atoms with E-state index < -0.39 is 0 Å². The van der Waals surface area contributed by atoms with Gasteiger partial charge >= 0.3 is 0 Å². The van der Waals surface area contributed by atoms with E-state index in [0.717, 1.165) is 34.1 Å². The van der Waals surface area contributed by atoms with Crippen molar-refractivity contribution in [3.8, 4) is 22.3 Å². The van der Waals surface area contributed by atoms with Gasteiger partial charge in [0.25, 0.3) is 0 Å². The minimum absolute atomic E-state index is 0.0712. The van der Waals surface area contributed by atoms with E-state index in [1.807, 2.05) is 0 Å². The summed E-state index contributed by atoms with van der Waals surface area (Å²) in [6.45, 7) is 9.41. The Hall–Kier alpha value is -7.42. The highest BCUT2D eigenvalue weighted by molar-refractivity contribution is 6.26. The summed E-state index contributed by atoms with van der Waals surface area (Å²) in [5.74, 6) is 0. The molecule has 0 radical (unpaired) electrons. The molecule has 2 aliphatic rings. The Balaban J connectivity index is 1.13. The van der Waals surface area contributed by atoms with E-state index in [4.69, 9.17) is 0 Å². The molecule has 0 fully saturated rings. The summed E-state index contributed by atoms with van der Waals surface area (Å²) in [6.07, 6.45) is 0. The van der Waals surface area contributed by atoms with Gasteiger partial charge in [0.2, 0.25) is 0 Å². The Bertz CT molecular complexity index is 3190. The summed E-state index contributed by atoms with van der Waals surface area (Å²) >= 11 is 0. The summed E-state index contributed by atoms with van der Waals surface area (Å²) in [6, 6.07) is 76.7. The van der Waals surface area contributed by atoms with Crippen molar-refractivity contribution in [2.24, 2.45) is 0 Å². The second kappa shape index (κ2) is 13.5. The molecule has 0 atom stereocenters. The molecule has 0 bridgehead atoms. The van der Waals surface area contributed by atoms with Crippen LogP contribution in [-0.4, -0.2) is 0 Å². The summed E-state index contributed by atoms with van der Waals surface area (Å²) in [4.78, 5) is 4.94. The smallest absolute Gasteiger partial charge is 0.0546 e. The topological polar surface area (TPSA) is 6.48 Å². The van der Waals surface area contributed by atoms with Crippen LogP contribution in [0.3, 0.4) is 0 Å². The molecule has 0 N–H and O–H groups in total. The summed E-state index contributed by atoms with van der Waals surface area (Å²) in [5, 5.41) is 7.34. The van der Waals surface area contributed by atoms with Crippen LogP contribution >= 0.6 is 0 Å². The number of anilines is 6. The molecular weight excluding hydrogens is 749 g/mol. The van der Waals surface area contributed by atoms with Gasteiger partial charge in [-0.2, -0.15) is 0 Å². The fourth-order valence-electron chi connectivity index (χ4n) is 11.0. The minimum Gasteiger partial charge on any atom is -0.310 e. The molecule has 0 amide bonds. The van der Waals surface area contributed by atoms with E-state index in [1.165, 1.54) is 76.8 Å². The van der Waals surface area contributed by atoms with Crippen molar-refractivity contribution in [2.45, 2.75) is 38.5 Å². The maximum Gasteiger partial charge on any atom is 0.0546 e. The van der Waals surface area contributed by atoms with Crippen LogP contribution in [0.25, 0.3) is 54.6 Å². The number of hydrogen-bond acceptors (Lipinski definition) is 2. The van der Waals surface area contributed by atoms with Crippen molar-refractivity contribution in [1.29, 1.82) is 0 Å². The van der Waals surface area contributed by atoms with Crippen molar-refractivity contribution >= 4 is 66.4 Å². The molecule has 62 heavy (non-hydrogen) atoms. The van der Waals surface area contributed by atoms with Crippen LogP contribution in [0.2, 0.25) is 0 Å². The highest BCUT2D eigenvalue weighted by Crippen LogP contribution is 2.54. The molecule has 12 rings (SSSR count). The van der Waals surface area contributed by atoms with Crippen LogP contribution in [-0.2, 0) is 10.8 Å². The van der Waals surface area contributed by atoms with E-state index in [2.05, 4.69) is 244 Å². The number of para-hydroxylation sites is 2. The summed E-state index contributed by atoms with van der Waals surface area (Å²) in [7, 11) is 0. The first-order valence-electron chi connectivity index (χ1n) is 21.9. The lowest BCUT2D eigenvalue weighted by atomic mass is 9.82. The van der Waals surface area contributed by atoms with Crippen molar-refractivity contribution in [2.75, 3.05) is 9.80 Å². The Labute approximate surface area is 364 Å². The van der Waals surface area contributed by atoms with Gasteiger partial charge in [-0.25, -0.2) is 0 Å². The Morgan fingerprint density at radius 3 is 1.08 bits per heavy atom. The SMILES string of the molecule is CC1(C)c2ccccc2-c2cc(N(c3ccccc3)c3cc4cc(N(c5ccccc5)c5ccc6c(c5)-c5ccccc5C6(C)C)c5ccccc5c4c4ccccc34)ccc21. The van der Waals surface area contributed by atoms with Crippen LogP contribution in [0, 0.1) is 0 Å². The number of benzene rings is 10. The van der Waals surface area contributed by atoms with Crippen LogP contribution in [0.5, 0.6) is 0 Å². The molecule has 296 valence electrons. The fraction of sp³-hybridized carbons (Fsp3) is 0.100. The summed E-state index contributed by atoms with van der Waals surface area (Å²) in [5.41, 5.74) is 17.4. The number of hydrogen-bond donors (Lipinski definition) is 0. The molecule has 0 unspecified atom stereocenters. The number of rotatable bonds is 6. The second-order valence-corrected chi connectivity index (χ2v) is 18.1. The normalized spacial score (nSPS) is 14.1. The van der Waals surface area contributed by atoms with Crippen molar-refractivity contribution in [3.63, 3.8) is 0 Å². The van der Waals surface area contributed by atoms with Gasteiger partial charge in [-0.1, -0.05) is 173 Å². The average molecular weight is 795 g/mol. The predicted octanol–water partition coefficient (Wildman–Crippen LogP) is 16.7. The van der Waals surface area contributed by atoms with Gasteiger partial charge in [0.15, 0.2) is 0 Å². The molecule has 10 aromatic rings. The lowest BCUT2D eigenvalue weighted by Gasteiger charge is -2.30. The Morgan fingerprint density at radius 2 is 0.645 bits per heavy atom. The lowest BCUT2D eigenvalue weighted by Crippen LogP contribution is -2.15. The van der Waals surface area contributed by atoms with Gasteiger partial charge in [0.05, 0.1) is 11.4 Å². The molecule has 0 spiro atoms. The third kappa shape index (κ3) is 5.29. The van der Waals surface area contributed by atoms with Gasteiger partial charge in [-0.05, 0) is 127 Å². The Morgan fingerprint density at radius 1 is 0.290 bits per heavy atom.